The predicted molar refractivity (Wildman–Crippen MR) is 65.1 cm³/mol. The van der Waals surface area contributed by atoms with Crippen molar-refractivity contribution < 1.29 is 0 Å². The molecule has 1 N–H and O–H groups in total. The van der Waals surface area contributed by atoms with Crippen molar-refractivity contribution in [3.8, 4) is 0 Å². The second-order valence-corrected chi connectivity index (χ2v) is 5.21. The molecule has 88 valence electrons. The monoisotopic (exact) mass is 210 g/mol. The van der Waals surface area contributed by atoms with E-state index in [1.165, 1.54) is 64.7 Å². The van der Waals surface area contributed by atoms with Crippen molar-refractivity contribution in [2.75, 3.05) is 26.2 Å². The molecule has 1 unspecified atom stereocenters. The summed E-state index contributed by atoms with van der Waals surface area (Å²) in [4.78, 5) is 2.75. The lowest BCUT2D eigenvalue weighted by molar-refractivity contribution is 0.141. The molecule has 1 saturated carbocycles. The standard InChI is InChI=1S/C13H26N2/c1-2-3-4-5-9-15-10-8-14-11-13(15)12-6-7-12/h12-14H,2-11H2,1H3. The summed E-state index contributed by atoms with van der Waals surface area (Å²) in [6.07, 6.45) is 8.58. The van der Waals surface area contributed by atoms with Crippen LogP contribution in [-0.2, 0) is 0 Å². The van der Waals surface area contributed by atoms with Gasteiger partial charge in [-0.2, -0.15) is 0 Å². The second-order valence-electron chi connectivity index (χ2n) is 5.21. The quantitative estimate of drug-likeness (QED) is 0.676. The van der Waals surface area contributed by atoms with Crippen LogP contribution in [0.15, 0.2) is 0 Å². The van der Waals surface area contributed by atoms with Gasteiger partial charge in [0.25, 0.3) is 0 Å². The summed E-state index contributed by atoms with van der Waals surface area (Å²) >= 11 is 0. The van der Waals surface area contributed by atoms with Crippen molar-refractivity contribution in [3.63, 3.8) is 0 Å². The van der Waals surface area contributed by atoms with E-state index in [0.29, 0.717) is 0 Å². The van der Waals surface area contributed by atoms with Crippen LogP contribution >= 0.6 is 0 Å². The van der Waals surface area contributed by atoms with E-state index in [4.69, 9.17) is 0 Å². The Morgan fingerprint density at radius 2 is 2.07 bits per heavy atom. The van der Waals surface area contributed by atoms with E-state index in [1.807, 2.05) is 0 Å². The molecule has 1 atom stereocenters. The molecule has 0 bridgehead atoms. The first-order chi connectivity index (χ1) is 7.42. The first-order valence-electron chi connectivity index (χ1n) is 6.86. The van der Waals surface area contributed by atoms with Crippen molar-refractivity contribution in [1.29, 1.82) is 0 Å². The molecule has 0 aromatic rings. The van der Waals surface area contributed by atoms with E-state index in [9.17, 15) is 0 Å². The maximum Gasteiger partial charge on any atom is 0.0249 e. The van der Waals surface area contributed by atoms with Crippen molar-refractivity contribution in [1.82, 2.24) is 10.2 Å². The highest BCUT2D eigenvalue weighted by atomic mass is 15.2. The molecule has 0 amide bonds. The van der Waals surface area contributed by atoms with E-state index in [2.05, 4.69) is 17.1 Å². The Labute approximate surface area is 94.4 Å². The molecule has 2 fully saturated rings. The zero-order chi connectivity index (χ0) is 10.5. The fourth-order valence-corrected chi connectivity index (χ4v) is 2.73. The van der Waals surface area contributed by atoms with Gasteiger partial charge in [0.1, 0.15) is 0 Å². The first kappa shape index (κ1) is 11.4. The average Bonchev–Trinajstić information content (AvgIpc) is 3.09. The number of nitrogens with one attached hydrogen (secondary N) is 1. The van der Waals surface area contributed by atoms with E-state index >= 15 is 0 Å². The van der Waals surface area contributed by atoms with Gasteiger partial charge < -0.3 is 5.32 Å². The molecule has 0 aromatic heterocycles. The maximum atomic E-state index is 3.55. The lowest BCUT2D eigenvalue weighted by Gasteiger charge is -2.36. The summed E-state index contributed by atoms with van der Waals surface area (Å²) in [5.74, 6) is 1.03. The van der Waals surface area contributed by atoms with Crippen LogP contribution in [0.1, 0.15) is 45.4 Å². The van der Waals surface area contributed by atoms with Gasteiger partial charge >= 0.3 is 0 Å². The van der Waals surface area contributed by atoms with Crippen LogP contribution in [0.2, 0.25) is 0 Å². The Kier molecular flexibility index (Phi) is 4.45. The van der Waals surface area contributed by atoms with Gasteiger partial charge in [0.15, 0.2) is 0 Å². The fourth-order valence-electron chi connectivity index (χ4n) is 2.73. The van der Waals surface area contributed by atoms with Crippen molar-refractivity contribution >= 4 is 0 Å². The van der Waals surface area contributed by atoms with Gasteiger partial charge in [-0.1, -0.05) is 26.2 Å². The molecular formula is C13H26N2. The van der Waals surface area contributed by atoms with Crippen molar-refractivity contribution in [2.24, 2.45) is 5.92 Å². The number of nitrogens with zero attached hydrogens (tertiary/aromatic N) is 1. The number of hydrogen-bond acceptors (Lipinski definition) is 2. The van der Waals surface area contributed by atoms with E-state index in [1.54, 1.807) is 0 Å². The molecule has 1 saturated heterocycles. The highest BCUT2D eigenvalue weighted by Gasteiger charge is 2.35. The Hall–Kier alpha value is -0.0800. The molecule has 0 radical (unpaired) electrons. The number of hydrogen-bond donors (Lipinski definition) is 1. The van der Waals surface area contributed by atoms with E-state index < -0.39 is 0 Å². The Morgan fingerprint density at radius 3 is 2.80 bits per heavy atom. The van der Waals surface area contributed by atoms with Gasteiger partial charge in [0.2, 0.25) is 0 Å². The lowest BCUT2D eigenvalue weighted by Crippen LogP contribution is -2.52. The number of piperazine rings is 1. The van der Waals surface area contributed by atoms with Crippen LogP contribution in [0.4, 0.5) is 0 Å². The summed E-state index contributed by atoms with van der Waals surface area (Å²) in [7, 11) is 0. The van der Waals surface area contributed by atoms with Gasteiger partial charge in [-0.15, -0.1) is 0 Å². The third-order valence-corrected chi connectivity index (χ3v) is 3.86. The Morgan fingerprint density at radius 1 is 1.20 bits per heavy atom. The zero-order valence-electron chi connectivity index (χ0n) is 10.2. The molecule has 1 heterocycles. The number of unbranched alkanes of at least 4 members (excludes halogenated alkanes) is 3. The topological polar surface area (TPSA) is 15.3 Å². The smallest absolute Gasteiger partial charge is 0.0249 e. The third kappa shape index (κ3) is 3.46. The molecule has 15 heavy (non-hydrogen) atoms. The Bertz CT molecular complexity index is 177. The van der Waals surface area contributed by atoms with Crippen molar-refractivity contribution in [3.05, 3.63) is 0 Å². The molecule has 2 nitrogen and oxygen atoms in total. The predicted octanol–water partition coefficient (Wildman–Crippen LogP) is 2.25. The van der Waals surface area contributed by atoms with Gasteiger partial charge in [-0.25, -0.2) is 0 Å². The van der Waals surface area contributed by atoms with E-state index in [0.717, 1.165) is 12.0 Å². The van der Waals surface area contributed by atoms with Gasteiger partial charge in [-0.3, -0.25) is 4.90 Å². The molecule has 2 heteroatoms. The average molecular weight is 210 g/mol. The fraction of sp³-hybridized carbons (Fsp3) is 1.00. The summed E-state index contributed by atoms with van der Waals surface area (Å²) in [5.41, 5.74) is 0. The summed E-state index contributed by atoms with van der Waals surface area (Å²) < 4.78 is 0. The highest BCUT2D eigenvalue weighted by Crippen LogP contribution is 2.35. The van der Waals surface area contributed by atoms with Crippen LogP contribution in [0, 0.1) is 5.92 Å². The van der Waals surface area contributed by atoms with Crippen molar-refractivity contribution in [2.45, 2.75) is 51.5 Å². The van der Waals surface area contributed by atoms with Gasteiger partial charge in [-0.05, 0) is 31.7 Å². The summed E-state index contributed by atoms with van der Waals surface area (Å²) in [6.45, 7) is 7.38. The van der Waals surface area contributed by atoms with E-state index in [-0.39, 0.29) is 0 Å². The summed E-state index contributed by atoms with van der Waals surface area (Å²) in [5, 5.41) is 3.55. The van der Waals surface area contributed by atoms with Gasteiger partial charge in [0.05, 0.1) is 0 Å². The molecule has 1 aliphatic heterocycles. The minimum Gasteiger partial charge on any atom is -0.314 e. The van der Waals surface area contributed by atoms with Crippen LogP contribution in [-0.4, -0.2) is 37.1 Å². The third-order valence-electron chi connectivity index (χ3n) is 3.86. The normalized spacial score (nSPS) is 28.2. The molecule has 2 rings (SSSR count). The van der Waals surface area contributed by atoms with Crippen LogP contribution in [0.3, 0.4) is 0 Å². The largest absolute Gasteiger partial charge is 0.314 e. The molecular weight excluding hydrogens is 184 g/mol. The number of rotatable bonds is 6. The minimum absolute atomic E-state index is 0.875. The van der Waals surface area contributed by atoms with Gasteiger partial charge in [0, 0.05) is 25.7 Å². The molecule has 0 aromatic carbocycles. The maximum absolute atomic E-state index is 3.55. The zero-order valence-corrected chi connectivity index (χ0v) is 10.2. The van der Waals surface area contributed by atoms with Crippen LogP contribution < -0.4 is 5.32 Å². The highest BCUT2D eigenvalue weighted by molar-refractivity contribution is 4.92. The lowest BCUT2D eigenvalue weighted by atomic mass is 10.1. The second kappa shape index (κ2) is 5.86. The molecule has 0 spiro atoms. The Balaban J connectivity index is 1.68. The summed E-state index contributed by atoms with van der Waals surface area (Å²) in [6, 6.07) is 0.875. The SMILES string of the molecule is CCCCCCN1CCNCC1C1CC1. The minimum atomic E-state index is 0.875. The van der Waals surface area contributed by atoms with Crippen LogP contribution in [0.25, 0.3) is 0 Å². The first-order valence-corrected chi connectivity index (χ1v) is 6.86. The van der Waals surface area contributed by atoms with Crippen LogP contribution in [0.5, 0.6) is 0 Å². The molecule has 1 aliphatic carbocycles. The molecule has 2 aliphatic rings.